The first kappa shape index (κ1) is 15.8. The zero-order valence-corrected chi connectivity index (χ0v) is 11.5. The maximum atomic E-state index is 11.6. The van der Waals surface area contributed by atoms with Crippen molar-refractivity contribution < 1.29 is 14.6 Å². The quantitative estimate of drug-likeness (QED) is 0.329. The molecule has 0 saturated heterocycles. The third kappa shape index (κ3) is 3.63. The topological polar surface area (TPSA) is 107 Å². The minimum absolute atomic E-state index is 0.177. The first-order valence-electron chi connectivity index (χ1n) is 6.27. The number of carboxylic acid groups (broad SMARTS) is 1. The van der Waals surface area contributed by atoms with Crippen molar-refractivity contribution in [2.24, 2.45) is 5.11 Å². The van der Waals surface area contributed by atoms with E-state index in [4.69, 9.17) is 10.3 Å². The van der Waals surface area contributed by atoms with Crippen LogP contribution in [0.3, 0.4) is 0 Å². The second-order valence-electron chi connectivity index (χ2n) is 4.24. The van der Waals surface area contributed by atoms with Crippen molar-refractivity contribution in [1.29, 1.82) is 0 Å². The molecule has 1 atom stereocenters. The summed E-state index contributed by atoms with van der Waals surface area (Å²) in [7, 11) is 0. The van der Waals surface area contributed by atoms with Gasteiger partial charge in [-0.05, 0) is 25.4 Å². The van der Waals surface area contributed by atoms with Crippen LogP contribution in [0.1, 0.15) is 19.4 Å². The van der Waals surface area contributed by atoms with Gasteiger partial charge in [0.15, 0.2) is 0 Å². The second kappa shape index (κ2) is 7.37. The first-order chi connectivity index (χ1) is 9.56. The standard InChI is InChI=1S/C13H18N4O3/c1-3-20-11-7-5-4-6-10(11)13(2,12(18)19)15-8-9-16-17-14/h4-7,15H,3,8-9H2,1-2H3,(H,18,19). The van der Waals surface area contributed by atoms with E-state index in [1.807, 2.05) is 6.92 Å². The van der Waals surface area contributed by atoms with Crippen molar-refractivity contribution in [3.05, 3.63) is 40.3 Å². The van der Waals surface area contributed by atoms with Crippen molar-refractivity contribution in [3.8, 4) is 5.75 Å². The molecule has 0 fully saturated rings. The van der Waals surface area contributed by atoms with Gasteiger partial charge in [0.05, 0.1) is 6.61 Å². The molecule has 20 heavy (non-hydrogen) atoms. The van der Waals surface area contributed by atoms with Crippen molar-refractivity contribution in [3.63, 3.8) is 0 Å². The van der Waals surface area contributed by atoms with E-state index < -0.39 is 11.5 Å². The molecule has 0 aliphatic carbocycles. The average molecular weight is 278 g/mol. The minimum atomic E-state index is -1.31. The number of benzene rings is 1. The molecule has 1 rings (SSSR count). The van der Waals surface area contributed by atoms with Gasteiger partial charge in [0.25, 0.3) is 0 Å². The zero-order chi connectivity index (χ0) is 15.0. The number of para-hydroxylation sites is 1. The predicted octanol–water partition coefficient (Wildman–Crippen LogP) is 2.28. The van der Waals surface area contributed by atoms with Gasteiger partial charge >= 0.3 is 5.97 Å². The van der Waals surface area contributed by atoms with Gasteiger partial charge in [-0.3, -0.25) is 5.32 Å². The summed E-state index contributed by atoms with van der Waals surface area (Å²) in [6, 6.07) is 6.99. The van der Waals surface area contributed by atoms with Gasteiger partial charge in [-0.15, -0.1) is 0 Å². The molecule has 108 valence electrons. The van der Waals surface area contributed by atoms with Crippen molar-refractivity contribution in [2.45, 2.75) is 19.4 Å². The van der Waals surface area contributed by atoms with Gasteiger partial charge in [0, 0.05) is 23.6 Å². The van der Waals surface area contributed by atoms with E-state index in [9.17, 15) is 9.90 Å². The Morgan fingerprint density at radius 2 is 2.25 bits per heavy atom. The molecule has 0 aliphatic heterocycles. The van der Waals surface area contributed by atoms with Crippen molar-refractivity contribution in [1.82, 2.24) is 5.32 Å². The Balaban J connectivity index is 3.05. The average Bonchev–Trinajstić information content (AvgIpc) is 2.44. The van der Waals surface area contributed by atoms with Crippen LogP contribution < -0.4 is 10.1 Å². The number of hydrogen-bond donors (Lipinski definition) is 2. The number of nitrogens with zero attached hydrogens (tertiary/aromatic N) is 3. The Hall–Kier alpha value is -2.24. The smallest absolute Gasteiger partial charge is 0.328 e. The molecule has 0 bridgehead atoms. The molecule has 0 saturated carbocycles. The Morgan fingerprint density at radius 3 is 2.85 bits per heavy atom. The van der Waals surface area contributed by atoms with E-state index in [1.165, 1.54) is 0 Å². The van der Waals surface area contributed by atoms with E-state index in [1.54, 1.807) is 31.2 Å². The monoisotopic (exact) mass is 278 g/mol. The van der Waals surface area contributed by atoms with Crippen LogP contribution in [-0.2, 0) is 10.3 Å². The Kier molecular flexibility index (Phi) is 5.83. The first-order valence-corrected chi connectivity index (χ1v) is 6.27. The molecule has 0 amide bonds. The molecule has 0 aliphatic rings. The number of carbonyl (C=O) groups is 1. The third-order valence-corrected chi connectivity index (χ3v) is 2.91. The van der Waals surface area contributed by atoms with E-state index in [-0.39, 0.29) is 13.1 Å². The lowest BCUT2D eigenvalue weighted by molar-refractivity contribution is -0.144. The summed E-state index contributed by atoms with van der Waals surface area (Å²) in [6.45, 7) is 4.28. The highest BCUT2D eigenvalue weighted by Crippen LogP contribution is 2.30. The number of nitrogens with one attached hydrogen (secondary N) is 1. The van der Waals surface area contributed by atoms with Crippen LogP contribution in [0.2, 0.25) is 0 Å². The second-order valence-corrected chi connectivity index (χ2v) is 4.24. The van der Waals surface area contributed by atoms with Crippen molar-refractivity contribution in [2.75, 3.05) is 19.7 Å². The van der Waals surface area contributed by atoms with Gasteiger partial charge in [-0.2, -0.15) is 0 Å². The number of hydrogen-bond acceptors (Lipinski definition) is 4. The van der Waals surface area contributed by atoms with Gasteiger partial charge in [0.2, 0.25) is 0 Å². The highest BCUT2D eigenvalue weighted by Gasteiger charge is 2.36. The molecule has 0 spiro atoms. The third-order valence-electron chi connectivity index (χ3n) is 2.91. The Morgan fingerprint density at radius 1 is 1.55 bits per heavy atom. The number of rotatable bonds is 8. The minimum Gasteiger partial charge on any atom is -0.494 e. The molecular formula is C13H18N4O3. The molecule has 1 unspecified atom stereocenters. The largest absolute Gasteiger partial charge is 0.494 e. The summed E-state index contributed by atoms with van der Waals surface area (Å²) in [4.78, 5) is 14.3. The normalized spacial score (nSPS) is 13.1. The summed E-state index contributed by atoms with van der Waals surface area (Å²) >= 11 is 0. The van der Waals surface area contributed by atoms with Crippen LogP contribution in [0.5, 0.6) is 5.75 Å². The summed E-state index contributed by atoms with van der Waals surface area (Å²) in [6.07, 6.45) is 0. The van der Waals surface area contributed by atoms with Gasteiger partial charge in [-0.1, -0.05) is 23.3 Å². The predicted molar refractivity (Wildman–Crippen MR) is 74.6 cm³/mol. The molecule has 7 nitrogen and oxygen atoms in total. The Labute approximate surface area is 117 Å². The molecule has 1 aromatic rings. The van der Waals surface area contributed by atoms with Gasteiger partial charge in [-0.25, -0.2) is 4.79 Å². The summed E-state index contributed by atoms with van der Waals surface area (Å²) < 4.78 is 5.48. The van der Waals surface area contributed by atoms with E-state index in [0.29, 0.717) is 17.9 Å². The molecule has 0 heterocycles. The molecule has 2 N–H and O–H groups in total. The maximum absolute atomic E-state index is 11.6. The molecule has 1 aromatic carbocycles. The van der Waals surface area contributed by atoms with Crippen LogP contribution in [0, 0.1) is 0 Å². The molecule has 7 heteroatoms. The SMILES string of the molecule is CCOc1ccccc1C(C)(NCCN=[N+]=[N-])C(=O)O. The lowest BCUT2D eigenvalue weighted by Gasteiger charge is -2.28. The van der Waals surface area contributed by atoms with Crippen LogP contribution >= 0.6 is 0 Å². The van der Waals surface area contributed by atoms with E-state index in [0.717, 1.165) is 0 Å². The fraction of sp³-hybridized carbons (Fsp3) is 0.462. The maximum Gasteiger partial charge on any atom is 0.328 e. The summed E-state index contributed by atoms with van der Waals surface area (Å²) in [5.74, 6) is -0.498. The number of ether oxygens (including phenoxy) is 1. The molecule has 0 radical (unpaired) electrons. The number of carboxylic acids is 1. The van der Waals surface area contributed by atoms with E-state index in [2.05, 4.69) is 15.3 Å². The highest BCUT2D eigenvalue weighted by atomic mass is 16.5. The molecular weight excluding hydrogens is 260 g/mol. The highest BCUT2D eigenvalue weighted by molar-refractivity contribution is 5.81. The lowest BCUT2D eigenvalue weighted by Crippen LogP contribution is -2.47. The van der Waals surface area contributed by atoms with Gasteiger partial charge in [0.1, 0.15) is 11.3 Å². The fourth-order valence-electron chi connectivity index (χ4n) is 1.85. The summed E-state index contributed by atoms with van der Waals surface area (Å²) in [5, 5.41) is 15.8. The number of azide groups is 1. The fourth-order valence-corrected chi connectivity index (χ4v) is 1.85. The molecule has 0 aromatic heterocycles. The van der Waals surface area contributed by atoms with Crippen molar-refractivity contribution >= 4 is 5.97 Å². The Bertz CT molecular complexity index is 514. The van der Waals surface area contributed by atoms with Crippen LogP contribution in [0.4, 0.5) is 0 Å². The number of aliphatic carboxylic acids is 1. The van der Waals surface area contributed by atoms with Gasteiger partial charge < -0.3 is 9.84 Å². The van der Waals surface area contributed by atoms with Crippen LogP contribution in [0.25, 0.3) is 10.4 Å². The zero-order valence-electron chi connectivity index (χ0n) is 11.5. The van der Waals surface area contributed by atoms with E-state index >= 15 is 0 Å². The van der Waals surface area contributed by atoms with Crippen LogP contribution in [-0.4, -0.2) is 30.8 Å². The lowest BCUT2D eigenvalue weighted by atomic mass is 9.91. The van der Waals surface area contributed by atoms with Crippen LogP contribution in [0.15, 0.2) is 29.4 Å². The summed E-state index contributed by atoms with van der Waals surface area (Å²) in [5.41, 5.74) is 7.46.